The molecule has 0 bridgehead atoms. The van der Waals surface area contributed by atoms with Gasteiger partial charge in [-0.3, -0.25) is 4.79 Å². The lowest BCUT2D eigenvalue weighted by Crippen LogP contribution is -2.25. The molecule has 0 radical (unpaired) electrons. The summed E-state index contributed by atoms with van der Waals surface area (Å²) in [7, 11) is 1.55. The Morgan fingerprint density at radius 1 is 1.39 bits per heavy atom. The summed E-state index contributed by atoms with van der Waals surface area (Å²) in [5, 5.41) is 11.4. The molecule has 1 aromatic carbocycles. The van der Waals surface area contributed by atoms with Crippen LogP contribution in [0.25, 0.3) is 0 Å². The van der Waals surface area contributed by atoms with Gasteiger partial charge in [0, 0.05) is 24.9 Å². The minimum Gasteiger partial charge on any atom is -0.497 e. The van der Waals surface area contributed by atoms with Crippen molar-refractivity contribution in [1.82, 2.24) is 5.32 Å². The lowest BCUT2D eigenvalue weighted by molar-refractivity contribution is 0.0953. The first-order valence-electron chi connectivity index (χ1n) is 6.01. The molecule has 0 atom stereocenters. The van der Waals surface area contributed by atoms with Crippen molar-refractivity contribution >= 4 is 11.6 Å². The van der Waals surface area contributed by atoms with Crippen LogP contribution in [-0.4, -0.2) is 31.3 Å². The van der Waals surface area contributed by atoms with Gasteiger partial charge < -0.3 is 20.9 Å². The summed E-state index contributed by atoms with van der Waals surface area (Å²) in [4.78, 5) is 11.8. The summed E-state index contributed by atoms with van der Waals surface area (Å²) in [6, 6.07) is 4.98. The number of anilines is 1. The number of ether oxygens (including phenoxy) is 1. The smallest absolute Gasteiger partial charge is 0.253 e. The zero-order chi connectivity index (χ0) is 13.4. The lowest BCUT2D eigenvalue weighted by Gasteiger charge is -2.08. The number of benzene rings is 1. The largest absolute Gasteiger partial charge is 0.497 e. The van der Waals surface area contributed by atoms with E-state index in [2.05, 4.69) is 5.32 Å². The highest BCUT2D eigenvalue weighted by Crippen LogP contribution is 2.19. The molecule has 18 heavy (non-hydrogen) atoms. The van der Waals surface area contributed by atoms with Gasteiger partial charge in [-0.2, -0.15) is 0 Å². The highest BCUT2D eigenvalue weighted by atomic mass is 16.5. The Balaban J connectivity index is 2.46. The van der Waals surface area contributed by atoms with Crippen LogP contribution in [0.15, 0.2) is 18.2 Å². The van der Waals surface area contributed by atoms with E-state index < -0.39 is 0 Å². The molecule has 5 heteroatoms. The molecule has 4 N–H and O–H groups in total. The van der Waals surface area contributed by atoms with Crippen LogP contribution >= 0.6 is 0 Å². The van der Waals surface area contributed by atoms with E-state index in [-0.39, 0.29) is 12.5 Å². The predicted octanol–water partition coefficient (Wildman–Crippen LogP) is 1.17. The Bertz CT molecular complexity index is 394. The van der Waals surface area contributed by atoms with E-state index in [1.165, 1.54) is 0 Å². The topological polar surface area (TPSA) is 84.6 Å². The normalized spacial score (nSPS) is 10.1. The van der Waals surface area contributed by atoms with Gasteiger partial charge in [0.15, 0.2) is 0 Å². The Morgan fingerprint density at radius 3 is 2.78 bits per heavy atom. The van der Waals surface area contributed by atoms with E-state index in [0.717, 1.165) is 19.3 Å². The van der Waals surface area contributed by atoms with Gasteiger partial charge in [0.25, 0.3) is 5.91 Å². The number of unbranched alkanes of at least 4 members (excludes halogenated alkanes) is 2. The van der Waals surface area contributed by atoms with Gasteiger partial charge in [-0.15, -0.1) is 0 Å². The van der Waals surface area contributed by atoms with Crippen LogP contribution in [0.3, 0.4) is 0 Å². The standard InChI is InChI=1S/C13H20N2O3/c1-18-10-5-6-11(12(14)9-10)13(17)15-7-3-2-4-8-16/h5-6,9,16H,2-4,7-8,14H2,1H3,(H,15,17). The SMILES string of the molecule is COc1ccc(C(=O)NCCCCCO)c(N)c1. The monoisotopic (exact) mass is 252 g/mol. The first-order chi connectivity index (χ1) is 8.69. The Morgan fingerprint density at radius 2 is 2.17 bits per heavy atom. The molecule has 5 nitrogen and oxygen atoms in total. The second-order valence-corrected chi connectivity index (χ2v) is 3.99. The van der Waals surface area contributed by atoms with Gasteiger partial charge >= 0.3 is 0 Å². The third kappa shape index (κ3) is 4.25. The first kappa shape index (κ1) is 14.3. The first-order valence-corrected chi connectivity index (χ1v) is 6.01. The molecule has 0 saturated heterocycles. The molecule has 0 aliphatic carbocycles. The van der Waals surface area contributed by atoms with E-state index in [4.69, 9.17) is 15.6 Å². The zero-order valence-electron chi connectivity index (χ0n) is 10.6. The molecule has 0 saturated carbocycles. The summed E-state index contributed by atoms with van der Waals surface area (Å²) in [5.74, 6) is 0.450. The molecule has 100 valence electrons. The van der Waals surface area contributed by atoms with Gasteiger partial charge in [-0.05, 0) is 31.4 Å². The summed E-state index contributed by atoms with van der Waals surface area (Å²) in [6.07, 6.45) is 2.51. The predicted molar refractivity (Wildman–Crippen MR) is 70.7 cm³/mol. The number of amides is 1. The van der Waals surface area contributed by atoms with Gasteiger partial charge in [-0.1, -0.05) is 0 Å². The zero-order valence-corrected chi connectivity index (χ0v) is 10.6. The van der Waals surface area contributed by atoms with E-state index >= 15 is 0 Å². The fraction of sp³-hybridized carbons (Fsp3) is 0.462. The molecule has 1 aromatic rings. The van der Waals surface area contributed by atoms with Crippen molar-refractivity contribution in [2.75, 3.05) is 26.0 Å². The fourth-order valence-corrected chi connectivity index (χ4v) is 1.59. The Labute approximate surface area is 107 Å². The van der Waals surface area contributed by atoms with E-state index in [9.17, 15) is 4.79 Å². The fourth-order valence-electron chi connectivity index (χ4n) is 1.59. The van der Waals surface area contributed by atoms with Gasteiger partial charge in [0.2, 0.25) is 0 Å². The quantitative estimate of drug-likeness (QED) is 0.502. The molecule has 0 aliphatic rings. The van der Waals surface area contributed by atoms with Crippen molar-refractivity contribution in [2.24, 2.45) is 0 Å². The van der Waals surface area contributed by atoms with E-state index in [0.29, 0.717) is 23.5 Å². The molecule has 0 fully saturated rings. The maximum atomic E-state index is 11.8. The van der Waals surface area contributed by atoms with Crippen molar-refractivity contribution < 1.29 is 14.6 Å². The molecule has 0 aliphatic heterocycles. The minimum atomic E-state index is -0.181. The Kier molecular flexibility index (Phi) is 6.00. The van der Waals surface area contributed by atoms with Gasteiger partial charge in [0.1, 0.15) is 5.75 Å². The van der Waals surface area contributed by atoms with E-state index in [1.54, 1.807) is 25.3 Å². The number of aliphatic hydroxyl groups excluding tert-OH is 1. The number of nitrogens with one attached hydrogen (secondary N) is 1. The molecule has 0 unspecified atom stereocenters. The van der Waals surface area contributed by atoms with Crippen LogP contribution in [-0.2, 0) is 0 Å². The van der Waals surface area contributed by atoms with Gasteiger partial charge in [-0.25, -0.2) is 0 Å². The second kappa shape index (κ2) is 7.55. The number of hydrogen-bond donors (Lipinski definition) is 3. The maximum absolute atomic E-state index is 11.8. The highest BCUT2D eigenvalue weighted by Gasteiger charge is 2.09. The molecular formula is C13H20N2O3. The summed E-state index contributed by atoms with van der Waals surface area (Å²) in [5.41, 5.74) is 6.64. The molecular weight excluding hydrogens is 232 g/mol. The van der Waals surface area contributed by atoms with Crippen molar-refractivity contribution in [3.63, 3.8) is 0 Å². The maximum Gasteiger partial charge on any atom is 0.253 e. The average Bonchev–Trinajstić information content (AvgIpc) is 2.38. The average molecular weight is 252 g/mol. The van der Waals surface area contributed by atoms with Crippen molar-refractivity contribution in [3.8, 4) is 5.75 Å². The van der Waals surface area contributed by atoms with Crippen molar-refractivity contribution in [3.05, 3.63) is 23.8 Å². The highest BCUT2D eigenvalue weighted by molar-refractivity contribution is 5.99. The van der Waals surface area contributed by atoms with Crippen LogP contribution in [0.5, 0.6) is 5.75 Å². The number of carbonyl (C=O) groups excluding carboxylic acids is 1. The number of rotatable bonds is 7. The number of aliphatic hydroxyl groups is 1. The summed E-state index contributed by atoms with van der Waals surface area (Å²) >= 11 is 0. The van der Waals surface area contributed by atoms with Crippen LogP contribution < -0.4 is 15.8 Å². The third-order valence-corrected chi connectivity index (χ3v) is 2.62. The molecule has 1 amide bonds. The van der Waals surface area contributed by atoms with E-state index in [1.807, 2.05) is 0 Å². The number of nitrogens with two attached hydrogens (primary N) is 1. The van der Waals surface area contributed by atoms with Crippen LogP contribution in [0.1, 0.15) is 29.6 Å². The van der Waals surface area contributed by atoms with Crippen LogP contribution in [0.2, 0.25) is 0 Å². The molecule has 0 heterocycles. The third-order valence-electron chi connectivity index (χ3n) is 2.62. The number of nitrogen functional groups attached to an aromatic ring is 1. The van der Waals surface area contributed by atoms with Crippen molar-refractivity contribution in [1.29, 1.82) is 0 Å². The van der Waals surface area contributed by atoms with Gasteiger partial charge in [0.05, 0.1) is 12.7 Å². The summed E-state index contributed by atoms with van der Waals surface area (Å²) in [6.45, 7) is 0.781. The lowest BCUT2D eigenvalue weighted by atomic mass is 10.1. The Hall–Kier alpha value is -1.75. The molecule has 1 rings (SSSR count). The number of hydrogen-bond acceptors (Lipinski definition) is 4. The van der Waals surface area contributed by atoms with Crippen LogP contribution in [0, 0.1) is 0 Å². The minimum absolute atomic E-state index is 0.181. The van der Waals surface area contributed by atoms with Crippen LogP contribution in [0.4, 0.5) is 5.69 Å². The summed E-state index contributed by atoms with van der Waals surface area (Å²) < 4.78 is 5.02. The number of carbonyl (C=O) groups is 1. The molecule has 0 aromatic heterocycles. The second-order valence-electron chi connectivity index (χ2n) is 3.99. The van der Waals surface area contributed by atoms with Crippen molar-refractivity contribution in [2.45, 2.75) is 19.3 Å². The number of methoxy groups -OCH3 is 1. The molecule has 0 spiro atoms.